The van der Waals surface area contributed by atoms with E-state index in [2.05, 4.69) is 42.2 Å². The predicted octanol–water partition coefficient (Wildman–Crippen LogP) is 5.22. The van der Waals surface area contributed by atoms with E-state index in [-0.39, 0.29) is 11.8 Å². The normalized spacial score (nSPS) is 17.6. The number of aryl methyl sites for hydroxylation is 1. The molecule has 4 rings (SSSR count). The summed E-state index contributed by atoms with van der Waals surface area (Å²) < 4.78 is 0. The number of carbonyl (C=O) groups excluding carboxylic acids is 2. The van der Waals surface area contributed by atoms with Gasteiger partial charge in [-0.05, 0) is 49.7 Å². The van der Waals surface area contributed by atoms with Crippen molar-refractivity contribution in [3.63, 3.8) is 0 Å². The largest absolute Gasteiger partial charge is 0.366 e. The van der Waals surface area contributed by atoms with Gasteiger partial charge in [-0.3, -0.25) is 14.5 Å². The Morgan fingerprint density at radius 3 is 2.22 bits per heavy atom. The van der Waals surface area contributed by atoms with E-state index >= 15 is 0 Å². The SMILES string of the molecule is CCCCCN1C(=O)C(c2ccc(C)cc2)=C(N2CCC(Cc3ccccc3)CC2)C1=O. The Hall–Kier alpha value is -2.88. The number of hydrogen-bond acceptors (Lipinski definition) is 3. The molecule has 0 radical (unpaired) electrons. The van der Waals surface area contributed by atoms with Crippen LogP contribution >= 0.6 is 0 Å². The van der Waals surface area contributed by atoms with Crippen molar-refractivity contribution in [3.05, 3.63) is 77.0 Å². The third-order valence-corrected chi connectivity index (χ3v) is 6.77. The van der Waals surface area contributed by atoms with E-state index in [9.17, 15) is 9.59 Å². The van der Waals surface area contributed by atoms with Crippen molar-refractivity contribution in [2.45, 2.75) is 52.4 Å². The van der Waals surface area contributed by atoms with Gasteiger partial charge in [0, 0.05) is 19.6 Å². The predicted molar refractivity (Wildman–Crippen MR) is 129 cm³/mol. The molecule has 2 heterocycles. The number of likely N-dealkylation sites (tertiary alicyclic amines) is 1. The molecule has 2 aliphatic rings. The van der Waals surface area contributed by atoms with Gasteiger partial charge < -0.3 is 4.90 Å². The van der Waals surface area contributed by atoms with Crippen molar-refractivity contribution >= 4 is 17.4 Å². The molecule has 2 amide bonds. The Kier molecular flexibility index (Phi) is 7.09. The smallest absolute Gasteiger partial charge is 0.277 e. The summed E-state index contributed by atoms with van der Waals surface area (Å²) >= 11 is 0. The summed E-state index contributed by atoms with van der Waals surface area (Å²) in [6.07, 6.45) is 6.11. The minimum atomic E-state index is -0.128. The van der Waals surface area contributed by atoms with Crippen LogP contribution in [0.4, 0.5) is 0 Å². The van der Waals surface area contributed by atoms with E-state index in [1.807, 2.05) is 31.2 Å². The summed E-state index contributed by atoms with van der Waals surface area (Å²) in [5.41, 5.74) is 4.59. The molecule has 4 heteroatoms. The molecule has 2 aromatic rings. The molecule has 0 aliphatic carbocycles. The molecule has 1 fully saturated rings. The third-order valence-electron chi connectivity index (χ3n) is 6.77. The van der Waals surface area contributed by atoms with Gasteiger partial charge in [-0.15, -0.1) is 0 Å². The van der Waals surface area contributed by atoms with Crippen molar-refractivity contribution in [1.82, 2.24) is 9.80 Å². The van der Waals surface area contributed by atoms with E-state index in [1.165, 1.54) is 10.5 Å². The zero-order chi connectivity index (χ0) is 22.5. The highest BCUT2D eigenvalue weighted by Crippen LogP contribution is 2.34. The fourth-order valence-corrected chi connectivity index (χ4v) is 4.87. The first-order chi connectivity index (χ1) is 15.6. The third kappa shape index (κ3) is 4.79. The van der Waals surface area contributed by atoms with Crippen molar-refractivity contribution in [2.75, 3.05) is 19.6 Å². The summed E-state index contributed by atoms with van der Waals surface area (Å²) in [6, 6.07) is 18.6. The monoisotopic (exact) mass is 430 g/mol. The van der Waals surface area contributed by atoms with Crippen LogP contribution in [-0.4, -0.2) is 41.2 Å². The lowest BCUT2D eigenvalue weighted by Crippen LogP contribution is -2.39. The zero-order valence-corrected chi connectivity index (χ0v) is 19.3. The topological polar surface area (TPSA) is 40.6 Å². The maximum Gasteiger partial charge on any atom is 0.277 e. The number of carbonyl (C=O) groups is 2. The molecular weight excluding hydrogens is 396 g/mol. The first-order valence-corrected chi connectivity index (χ1v) is 12.0. The first-order valence-electron chi connectivity index (χ1n) is 12.0. The molecule has 2 aliphatic heterocycles. The lowest BCUT2D eigenvalue weighted by atomic mass is 9.89. The molecule has 4 nitrogen and oxygen atoms in total. The van der Waals surface area contributed by atoms with Gasteiger partial charge in [0.05, 0.1) is 5.57 Å². The number of imide groups is 1. The minimum absolute atomic E-state index is 0.108. The number of amides is 2. The molecule has 0 aromatic heterocycles. The number of unbranched alkanes of at least 4 members (excludes halogenated alkanes) is 2. The molecule has 32 heavy (non-hydrogen) atoms. The average molecular weight is 431 g/mol. The standard InChI is InChI=1S/C28H34N2O2/c1-3-4-8-17-30-27(31)25(24-13-11-21(2)12-14-24)26(28(30)32)29-18-15-23(16-19-29)20-22-9-6-5-7-10-22/h5-7,9-14,23H,3-4,8,15-20H2,1-2H3. The van der Waals surface area contributed by atoms with Gasteiger partial charge in [-0.25, -0.2) is 0 Å². The quantitative estimate of drug-likeness (QED) is 0.426. The lowest BCUT2D eigenvalue weighted by molar-refractivity contribution is -0.137. The van der Waals surface area contributed by atoms with Crippen molar-refractivity contribution in [2.24, 2.45) is 5.92 Å². The van der Waals surface area contributed by atoms with E-state index in [1.54, 1.807) is 0 Å². The highest BCUT2D eigenvalue weighted by molar-refractivity contribution is 6.35. The number of nitrogens with zero attached hydrogens (tertiary/aromatic N) is 2. The molecule has 2 aromatic carbocycles. The molecule has 0 atom stereocenters. The first kappa shape index (κ1) is 22.3. The Bertz CT molecular complexity index is 970. The molecule has 168 valence electrons. The Balaban J connectivity index is 1.54. The highest BCUT2D eigenvalue weighted by Gasteiger charge is 2.41. The fraction of sp³-hybridized carbons (Fsp3) is 0.429. The van der Waals surface area contributed by atoms with Crippen molar-refractivity contribution in [1.29, 1.82) is 0 Å². The van der Waals surface area contributed by atoms with Crippen LogP contribution in [0.5, 0.6) is 0 Å². The van der Waals surface area contributed by atoms with Crippen LogP contribution in [0, 0.1) is 12.8 Å². The van der Waals surface area contributed by atoms with Gasteiger partial charge in [-0.1, -0.05) is 79.9 Å². The summed E-state index contributed by atoms with van der Waals surface area (Å²) in [4.78, 5) is 30.5. The fourth-order valence-electron chi connectivity index (χ4n) is 4.87. The molecule has 0 spiro atoms. The number of rotatable bonds is 8. The molecule has 0 N–H and O–H groups in total. The second-order valence-electron chi connectivity index (χ2n) is 9.18. The second kappa shape index (κ2) is 10.2. The Morgan fingerprint density at radius 2 is 1.56 bits per heavy atom. The molecule has 0 saturated carbocycles. The van der Waals surface area contributed by atoms with Gasteiger partial charge in [0.2, 0.25) is 0 Å². The van der Waals surface area contributed by atoms with Crippen LogP contribution in [0.2, 0.25) is 0 Å². The summed E-state index contributed by atoms with van der Waals surface area (Å²) in [5.74, 6) is 0.379. The zero-order valence-electron chi connectivity index (χ0n) is 19.3. The van der Waals surface area contributed by atoms with E-state index in [0.29, 0.717) is 23.7 Å². The second-order valence-corrected chi connectivity index (χ2v) is 9.18. The van der Waals surface area contributed by atoms with Crippen LogP contribution in [0.15, 0.2) is 60.3 Å². The summed E-state index contributed by atoms with van der Waals surface area (Å²) in [7, 11) is 0. The van der Waals surface area contributed by atoms with Crippen LogP contribution in [0.1, 0.15) is 55.7 Å². The van der Waals surface area contributed by atoms with Crippen molar-refractivity contribution in [3.8, 4) is 0 Å². The van der Waals surface area contributed by atoms with Crippen LogP contribution in [-0.2, 0) is 16.0 Å². The molecule has 0 unspecified atom stereocenters. The highest BCUT2D eigenvalue weighted by atomic mass is 16.2. The van der Waals surface area contributed by atoms with E-state index in [4.69, 9.17) is 0 Å². The van der Waals surface area contributed by atoms with E-state index < -0.39 is 0 Å². The number of benzene rings is 2. The molecular formula is C28H34N2O2. The lowest BCUT2D eigenvalue weighted by Gasteiger charge is -2.34. The minimum Gasteiger partial charge on any atom is -0.366 e. The maximum atomic E-state index is 13.4. The molecule has 1 saturated heterocycles. The summed E-state index contributed by atoms with van der Waals surface area (Å²) in [5, 5.41) is 0. The number of piperidine rings is 1. The van der Waals surface area contributed by atoms with Crippen molar-refractivity contribution < 1.29 is 9.59 Å². The van der Waals surface area contributed by atoms with Gasteiger partial charge in [0.25, 0.3) is 11.8 Å². The summed E-state index contributed by atoms with van der Waals surface area (Å²) in [6.45, 7) is 6.33. The molecule has 0 bridgehead atoms. The van der Waals surface area contributed by atoms with E-state index in [0.717, 1.165) is 62.7 Å². The average Bonchev–Trinajstić information content (AvgIpc) is 3.06. The maximum absolute atomic E-state index is 13.4. The van der Waals surface area contributed by atoms with Gasteiger partial charge in [-0.2, -0.15) is 0 Å². The van der Waals surface area contributed by atoms with Crippen LogP contribution in [0.25, 0.3) is 5.57 Å². The Labute approximate surface area is 191 Å². The Morgan fingerprint density at radius 1 is 0.875 bits per heavy atom. The number of hydrogen-bond donors (Lipinski definition) is 0. The van der Waals surface area contributed by atoms with Gasteiger partial charge >= 0.3 is 0 Å². The van der Waals surface area contributed by atoms with Crippen LogP contribution < -0.4 is 0 Å². The van der Waals surface area contributed by atoms with Gasteiger partial charge in [0.1, 0.15) is 5.70 Å². The van der Waals surface area contributed by atoms with Crippen LogP contribution in [0.3, 0.4) is 0 Å². The van der Waals surface area contributed by atoms with Gasteiger partial charge in [0.15, 0.2) is 0 Å².